The maximum atomic E-state index is 9.75. The van der Waals surface area contributed by atoms with E-state index in [0.717, 1.165) is 25.1 Å². The molecule has 2 heterocycles. The first-order chi connectivity index (χ1) is 10.1. The molecular formula is C15H18ClN3O2. The third-order valence-electron chi connectivity index (χ3n) is 3.87. The van der Waals surface area contributed by atoms with Gasteiger partial charge in [0.05, 0.1) is 12.6 Å². The van der Waals surface area contributed by atoms with Gasteiger partial charge in [0, 0.05) is 23.7 Å². The number of aliphatic hydroxyl groups is 1. The maximum absolute atomic E-state index is 9.75. The summed E-state index contributed by atoms with van der Waals surface area (Å²) in [5, 5.41) is 14.4. The van der Waals surface area contributed by atoms with Gasteiger partial charge in [-0.1, -0.05) is 23.7 Å². The molecule has 1 N–H and O–H groups in total. The van der Waals surface area contributed by atoms with E-state index in [4.69, 9.17) is 16.1 Å². The highest BCUT2D eigenvalue weighted by Gasteiger charge is 2.25. The molecule has 2 aromatic rings. The first-order valence-electron chi connectivity index (χ1n) is 7.11. The molecule has 21 heavy (non-hydrogen) atoms. The van der Waals surface area contributed by atoms with Gasteiger partial charge < -0.3 is 9.63 Å². The lowest BCUT2D eigenvalue weighted by Crippen LogP contribution is -2.41. The molecule has 0 amide bonds. The van der Waals surface area contributed by atoms with Crippen molar-refractivity contribution in [1.29, 1.82) is 0 Å². The fraction of sp³-hybridized carbons (Fsp3) is 0.467. The van der Waals surface area contributed by atoms with Crippen molar-refractivity contribution in [2.24, 2.45) is 5.92 Å². The van der Waals surface area contributed by atoms with Crippen LogP contribution < -0.4 is 0 Å². The summed E-state index contributed by atoms with van der Waals surface area (Å²) in [5.41, 5.74) is 0.886. The summed E-state index contributed by atoms with van der Waals surface area (Å²) in [6, 6.07) is 7.35. The molecule has 1 aromatic heterocycles. The smallest absolute Gasteiger partial charge is 0.241 e. The minimum Gasteiger partial charge on any atom is -0.393 e. The standard InChI is InChI=1S/C15H18ClN3O2/c1-10-8-19(7-6-13(10)20)9-14-17-15(18-21-14)11-2-4-12(16)5-3-11/h2-5,10,13,20H,6-9H2,1H3. The Balaban J connectivity index is 1.66. The lowest BCUT2D eigenvalue weighted by molar-refractivity contribution is 0.0282. The van der Waals surface area contributed by atoms with Crippen LogP contribution in [0.1, 0.15) is 19.2 Å². The fourth-order valence-corrected chi connectivity index (χ4v) is 2.72. The normalized spacial score (nSPS) is 23.4. The lowest BCUT2D eigenvalue weighted by Gasteiger charge is -2.33. The van der Waals surface area contributed by atoms with Crippen LogP contribution in [-0.2, 0) is 6.54 Å². The SMILES string of the molecule is CC1CN(Cc2nc(-c3ccc(Cl)cc3)no2)CCC1O. The molecule has 0 spiro atoms. The van der Waals surface area contributed by atoms with Crippen LogP contribution >= 0.6 is 11.6 Å². The van der Waals surface area contributed by atoms with E-state index in [-0.39, 0.29) is 12.0 Å². The lowest BCUT2D eigenvalue weighted by atomic mass is 9.97. The number of likely N-dealkylation sites (tertiary alicyclic amines) is 1. The number of piperidine rings is 1. The van der Waals surface area contributed by atoms with Crippen molar-refractivity contribution in [3.05, 3.63) is 35.2 Å². The molecule has 1 fully saturated rings. The van der Waals surface area contributed by atoms with E-state index in [1.807, 2.05) is 12.1 Å². The molecule has 1 aliphatic rings. The van der Waals surface area contributed by atoms with Crippen molar-refractivity contribution >= 4 is 11.6 Å². The van der Waals surface area contributed by atoms with Gasteiger partial charge in [-0.3, -0.25) is 4.90 Å². The van der Waals surface area contributed by atoms with Gasteiger partial charge in [0.15, 0.2) is 0 Å². The first-order valence-corrected chi connectivity index (χ1v) is 7.48. The van der Waals surface area contributed by atoms with Crippen LogP contribution in [0.25, 0.3) is 11.4 Å². The topological polar surface area (TPSA) is 62.4 Å². The molecule has 0 bridgehead atoms. The van der Waals surface area contributed by atoms with E-state index >= 15 is 0 Å². The van der Waals surface area contributed by atoms with Gasteiger partial charge in [-0.25, -0.2) is 0 Å². The van der Waals surface area contributed by atoms with Gasteiger partial charge in [0.2, 0.25) is 11.7 Å². The molecular weight excluding hydrogens is 290 g/mol. The Morgan fingerprint density at radius 1 is 1.38 bits per heavy atom. The highest BCUT2D eigenvalue weighted by Crippen LogP contribution is 2.21. The van der Waals surface area contributed by atoms with Crippen LogP contribution in [0, 0.1) is 5.92 Å². The van der Waals surface area contributed by atoms with E-state index in [2.05, 4.69) is 22.0 Å². The third kappa shape index (κ3) is 3.43. The highest BCUT2D eigenvalue weighted by molar-refractivity contribution is 6.30. The molecule has 1 aliphatic heterocycles. The van der Waals surface area contributed by atoms with Crippen molar-refractivity contribution in [2.45, 2.75) is 26.0 Å². The van der Waals surface area contributed by atoms with Gasteiger partial charge in [-0.05, 0) is 36.6 Å². The molecule has 0 saturated carbocycles. The number of aromatic nitrogens is 2. The summed E-state index contributed by atoms with van der Waals surface area (Å²) < 4.78 is 5.32. The average Bonchev–Trinajstić information content (AvgIpc) is 2.92. The Morgan fingerprint density at radius 3 is 2.86 bits per heavy atom. The van der Waals surface area contributed by atoms with Crippen molar-refractivity contribution in [1.82, 2.24) is 15.0 Å². The Morgan fingerprint density at radius 2 is 2.14 bits per heavy atom. The number of halogens is 1. The predicted octanol–water partition coefficient (Wildman–Crippen LogP) is 2.59. The quantitative estimate of drug-likeness (QED) is 0.944. The zero-order valence-electron chi connectivity index (χ0n) is 11.9. The van der Waals surface area contributed by atoms with Crippen LogP contribution in [-0.4, -0.2) is 39.3 Å². The number of benzene rings is 1. The molecule has 112 valence electrons. The second-order valence-corrected chi connectivity index (χ2v) is 6.02. The molecule has 2 atom stereocenters. The molecule has 5 nitrogen and oxygen atoms in total. The fourth-order valence-electron chi connectivity index (χ4n) is 2.59. The summed E-state index contributed by atoms with van der Waals surface area (Å²) in [7, 11) is 0. The Kier molecular flexibility index (Phi) is 4.24. The van der Waals surface area contributed by atoms with Crippen molar-refractivity contribution in [3.63, 3.8) is 0 Å². The summed E-state index contributed by atoms with van der Waals surface area (Å²) in [5.74, 6) is 1.45. The number of hydrogen-bond donors (Lipinski definition) is 1. The number of hydrogen-bond acceptors (Lipinski definition) is 5. The molecule has 0 aliphatic carbocycles. The average molecular weight is 308 g/mol. The van der Waals surface area contributed by atoms with E-state index in [9.17, 15) is 5.11 Å². The molecule has 1 aromatic carbocycles. The summed E-state index contributed by atoms with van der Waals surface area (Å²) in [6.07, 6.45) is 0.591. The van der Waals surface area contributed by atoms with E-state index in [0.29, 0.717) is 23.3 Å². The largest absolute Gasteiger partial charge is 0.393 e. The third-order valence-corrected chi connectivity index (χ3v) is 4.13. The van der Waals surface area contributed by atoms with Gasteiger partial charge in [0.1, 0.15) is 0 Å². The van der Waals surface area contributed by atoms with Crippen LogP contribution in [0.3, 0.4) is 0 Å². The van der Waals surface area contributed by atoms with Crippen molar-refractivity contribution < 1.29 is 9.63 Å². The zero-order chi connectivity index (χ0) is 14.8. The van der Waals surface area contributed by atoms with Crippen LogP contribution in [0.4, 0.5) is 0 Å². The maximum Gasteiger partial charge on any atom is 0.241 e. The monoisotopic (exact) mass is 307 g/mol. The van der Waals surface area contributed by atoms with E-state index < -0.39 is 0 Å². The summed E-state index contributed by atoms with van der Waals surface area (Å²) >= 11 is 5.87. The van der Waals surface area contributed by atoms with Crippen LogP contribution in [0.15, 0.2) is 28.8 Å². The number of rotatable bonds is 3. The van der Waals surface area contributed by atoms with Crippen LogP contribution in [0.2, 0.25) is 5.02 Å². The van der Waals surface area contributed by atoms with Crippen molar-refractivity contribution in [3.8, 4) is 11.4 Å². The predicted molar refractivity (Wildman–Crippen MR) is 79.8 cm³/mol. The second-order valence-electron chi connectivity index (χ2n) is 5.59. The Labute approximate surface area is 128 Å². The zero-order valence-corrected chi connectivity index (χ0v) is 12.6. The number of nitrogens with zero attached hydrogens (tertiary/aromatic N) is 3. The molecule has 2 unspecified atom stereocenters. The van der Waals surface area contributed by atoms with Crippen LogP contribution in [0.5, 0.6) is 0 Å². The van der Waals surface area contributed by atoms with Gasteiger partial charge in [-0.2, -0.15) is 4.98 Å². The van der Waals surface area contributed by atoms with Gasteiger partial charge in [0.25, 0.3) is 0 Å². The van der Waals surface area contributed by atoms with Gasteiger partial charge >= 0.3 is 0 Å². The molecule has 1 saturated heterocycles. The molecule has 0 radical (unpaired) electrons. The molecule has 3 rings (SSSR count). The summed E-state index contributed by atoms with van der Waals surface area (Å²) in [4.78, 5) is 6.66. The Bertz CT molecular complexity index is 599. The second kappa shape index (κ2) is 6.13. The number of aliphatic hydroxyl groups excluding tert-OH is 1. The highest BCUT2D eigenvalue weighted by atomic mass is 35.5. The minimum atomic E-state index is -0.200. The molecule has 6 heteroatoms. The van der Waals surface area contributed by atoms with E-state index in [1.54, 1.807) is 12.1 Å². The Hall–Kier alpha value is -1.43. The van der Waals surface area contributed by atoms with E-state index in [1.165, 1.54) is 0 Å². The summed E-state index contributed by atoms with van der Waals surface area (Å²) in [6.45, 7) is 4.38. The first kappa shape index (κ1) is 14.5. The minimum absolute atomic E-state index is 0.200. The van der Waals surface area contributed by atoms with Crippen molar-refractivity contribution in [2.75, 3.05) is 13.1 Å². The van der Waals surface area contributed by atoms with Gasteiger partial charge in [-0.15, -0.1) is 0 Å².